The first-order valence-corrected chi connectivity index (χ1v) is 18.9. The number of aryl methyl sites for hydroxylation is 1. The van der Waals surface area contributed by atoms with Gasteiger partial charge in [0.2, 0.25) is 0 Å². The Morgan fingerprint density at radius 3 is 2.17 bits per heavy atom. The smallest absolute Gasteiger partial charge is 0.330 e. The number of hydrogen-bond acceptors (Lipinski definition) is 10. The second kappa shape index (κ2) is 18.1. The second-order valence-corrected chi connectivity index (χ2v) is 14.7. The summed E-state index contributed by atoms with van der Waals surface area (Å²) >= 11 is 0. The van der Waals surface area contributed by atoms with Gasteiger partial charge in [0.15, 0.2) is 11.5 Å². The number of aromatic nitrogens is 2. The predicted octanol–water partition coefficient (Wildman–Crippen LogP) is 6.82. The van der Waals surface area contributed by atoms with Crippen molar-refractivity contribution >= 4 is 8.53 Å². The lowest BCUT2D eigenvalue weighted by atomic mass is 9.79. The molecule has 0 radical (unpaired) electrons. The van der Waals surface area contributed by atoms with Gasteiger partial charge in [-0.2, -0.15) is 5.26 Å². The van der Waals surface area contributed by atoms with Crippen LogP contribution in [0, 0.1) is 18.3 Å². The molecule has 4 atom stereocenters. The third-order valence-corrected chi connectivity index (χ3v) is 11.3. The van der Waals surface area contributed by atoms with Crippen molar-refractivity contribution in [2.75, 3.05) is 27.4 Å². The SMILES string of the molecule is COc1cccc(C(OC[C@H]2O[C@@H](n3cc(C)c(=O)[nH]c3=O)C[C@@H]2OP(OCCC#N)N(C(C)C)C(C)C)(c2ccccc2)c2ccccc2)c1OC. The van der Waals surface area contributed by atoms with E-state index in [4.69, 9.17) is 28.0 Å². The molecule has 0 aliphatic carbocycles. The van der Waals surface area contributed by atoms with E-state index in [0.717, 1.165) is 11.1 Å². The van der Waals surface area contributed by atoms with Crippen LogP contribution in [0.4, 0.5) is 0 Å². The zero-order chi connectivity index (χ0) is 38.1. The van der Waals surface area contributed by atoms with E-state index >= 15 is 0 Å². The van der Waals surface area contributed by atoms with Gasteiger partial charge in [0.25, 0.3) is 14.1 Å². The van der Waals surface area contributed by atoms with Crippen LogP contribution in [0.2, 0.25) is 0 Å². The Morgan fingerprint density at radius 2 is 1.60 bits per heavy atom. The summed E-state index contributed by atoms with van der Waals surface area (Å²) in [5.41, 5.74) is 0.484. The van der Waals surface area contributed by atoms with E-state index in [9.17, 15) is 14.9 Å². The quantitative estimate of drug-likeness (QED) is 0.0697. The standard InChI is InChI=1S/C40H49N4O8P/c1-27(2)44(28(3)4)53(50-23-15-22-41)52-34-24-36(43-25-29(5)38(45)42-39(43)46)51-35(34)26-49-40(30-16-10-8-11-17-30,31-18-12-9-13-19-31)32-20-14-21-33(47-6)37(32)48-7/h8-14,16-21,25,27-28,34-36H,15,23-24,26H2,1-7H3,(H,42,45,46)/t34-,35+,36+,53?/m0/s1. The van der Waals surface area contributed by atoms with Gasteiger partial charge in [-0.25, -0.2) is 9.46 Å². The molecule has 0 amide bonds. The second-order valence-electron chi connectivity index (χ2n) is 13.3. The third kappa shape index (κ3) is 8.73. The number of aromatic amines is 1. The minimum Gasteiger partial charge on any atom is -0.493 e. The summed E-state index contributed by atoms with van der Waals surface area (Å²) in [4.78, 5) is 27.9. The first-order valence-electron chi connectivity index (χ1n) is 17.7. The Hall–Kier alpha value is -4.34. The van der Waals surface area contributed by atoms with Gasteiger partial charge in [-0.1, -0.05) is 72.8 Å². The van der Waals surface area contributed by atoms with Crippen molar-refractivity contribution in [3.63, 3.8) is 0 Å². The number of nitriles is 1. The van der Waals surface area contributed by atoms with Crippen LogP contribution in [-0.4, -0.2) is 65.9 Å². The van der Waals surface area contributed by atoms with Gasteiger partial charge in [0.1, 0.15) is 17.9 Å². The van der Waals surface area contributed by atoms with E-state index < -0.39 is 43.8 Å². The summed E-state index contributed by atoms with van der Waals surface area (Å²) in [5.74, 6) is 1.05. The van der Waals surface area contributed by atoms with Crippen LogP contribution >= 0.6 is 8.53 Å². The van der Waals surface area contributed by atoms with Gasteiger partial charge >= 0.3 is 5.69 Å². The normalized spacial score (nSPS) is 18.0. The number of nitrogens with one attached hydrogen (secondary N) is 1. The zero-order valence-electron chi connectivity index (χ0n) is 31.4. The number of nitrogens with zero attached hydrogens (tertiary/aromatic N) is 3. The maximum absolute atomic E-state index is 13.1. The molecule has 1 N–H and O–H groups in total. The fourth-order valence-electron chi connectivity index (χ4n) is 6.78. The summed E-state index contributed by atoms with van der Waals surface area (Å²) < 4.78 is 42.4. The average Bonchev–Trinajstić information content (AvgIpc) is 3.55. The Morgan fingerprint density at radius 1 is 0.962 bits per heavy atom. The molecule has 1 fully saturated rings. The average molecular weight is 745 g/mol. The molecule has 2 heterocycles. The van der Waals surface area contributed by atoms with E-state index in [2.05, 4.69) is 43.4 Å². The Labute approximate surface area is 312 Å². The molecule has 12 nitrogen and oxygen atoms in total. The third-order valence-electron chi connectivity index (χ3n) is 9.13. The molecule has 0 saturated carbocycles. The number of benzene rings is 3. The minimum absolute atomic E-state index is 0.00707. The topological polar surface area (TPSA) is 137 Å². The van der Waals surface area contributed by atoms with Crippen LogP contribution in [-0.2, 0) is 24.1 Å². The molecule has 1 aromatic heterocycles. The first-order chi connectivity index (χ1) is 25.5. The van der Waals surface area contributed by atoms with E-state index in [1.807, 2.05) is 78.9 Å². The Bertz CT molecular complexity index is 1900. The first kappa shape index (κ1) is 39.9. The number of rotatable bonds is 17. The highest BCUT2D eigenvalue weighted by Crippen LogP contribution is 2.51. The molecule has 1 unspecified atom stereocenters. The largest absolute Gasteiger partial charge is 0.493 e. The molecule has 282 valence electrons. The van der Waals surface area contributed by atoms with Gasteiger partial charge in [0.05, 0.1) is 46.0 Å². The summed E-state index contributed by atoms with van der Waals surface area (Å²) in [6.45, 7) is 10.1. The van der Waals surface area contributed by atoms with Crippen molar-refractivity contribution in [2.24, 2.45) is 0 Å². The highest BCUT2D eigenvalue weighted by atomic mass is 31.2. The molecule has 53 heavy (non-hydrogen) atoms. The summed E-state index contributed by atoms with van der Waals surface area (Å²) in [6.07, 6.45) is -0.152. The van der Waals surface area contributed by atoms with Gasteiger partial charge in [-0.15, -0.1) is 0 Å². The molecule has 1 saturated heterocycles. The molecule has 13 heteroatoms. The van der Waals surface area contributed by atoms with Gasteiger partial charge in [-0.05, 0) is 51.8 Å². The lowest BCUT2D eigenvalue weighted by molar-refractivity contribution is -0.0930. The van der Waals surface area contributed by atoms with Crippen molar-refractivity contribution < 1.29 is 28.0 Å². The van der Waals surface area contributed by atoms with Crippen molar-refractivity contribution in [3.8, 4) is 17.6 Å². The lowest BCUT2D eigenvalue weighted by Crippen LogP contribution is -2.40. The monoisotopic (exact) mass is 744 g/mol. The van der Waals surface area contributed by atoms with Crippen LogP contribution in [0.5, 0.6) is 11.5 Å². The van der Waals surface area contributed by atoms with Gasteiger partial charge in [0, 0.05) is 35.8 Å². The number of H-pyrrole nitrogens is 1. The molecule has 1 aliphatic heterocycles. The number of methoxy groups -OCH3 is 2. The van der Waals surface area contributed by atoms with Gasteiger partial charge < -0.3 is 28.0 Å². The molecular weight excluding hydrogens is 695 g/mol. The van der Waals surface area contributed by atoms with Crippen molar-refractivity contribution in [1.29, 1.82) is 5.26 Å². The Balaban J connectivity index is 1.63. The van der Waals surface area contributed by atoms with Crippen molar-refractivity contribution in [2.45, 2.75) is 83.6 Å². The van der Waals surface area contributed by atoms with Crippen LogP contribution < -0.4 is 20.7 Å². The van der Waals surface area contributed by atoms with Crippen molar-refractivity contribution in [1.82, 2.24) is 14.2 Å². The van der Waals surface area contributed by atoms with E-state index in [1.54, 1.807) is 21.1 Å². The number of para-hydroxylation sites is 1. The highest BCUT2D eigenvalue weighted by Gasteiger charge is 2.46. The van der Waals surface area contributed by atoms with E-state index in [1.165, 1.54) is 10.8 Å². The highest BCUT2D eigenvalue weighted by molar-refractivity contribution is 7.44. The Kier molecular flexibility index (Phi) is 13.6. The van der Waals surface area contributed by atoms with Crippen LogP contribution in [0.3, 0.4) is 0 Å². The number of hydrogen-bond donors (Lipinski definition) is 1. The molecule has 1 aliphatic rings. The van der Waals surface area contributed by atoms with Crippen LogP contribution in [0.15, 0.2) is 94.6 Å². The van der Waals surface area contributed by atoms with E-state index in [0.29, 0.717) is 22.6 Å². The zero-order valence-corrected chi connectivity index (χ0v) is 32.2. The minimum atomic E-state index is -1.68. The summed E-state index contributed by atoms with van der Waals surface area (Å²) in [6, 6.07) is 27.7. The van der Waals surface area contributed by atoms with Crippen molar-refractivity contribution in [3.05, 3.63) is 128 Å². The van der Waals surface area contributed by atoms with Gasteiger partial charge in [-0.3, -0.25) is 14.3 Å². The van der Waals surface area contributed by atoms with Crippen LogP contribution in [0.1, 0.15) is 69.0 Å². The molecule has 3 aromatic carbocycles. The fraction of sp³-hybridized carbons (Fsp3) is 0.425. The maximum Gasteiger partial charge on any atom is 0.330 e. The molecule has 5 rings (SSSR count). The summed E-state index contributed by atoms with van der Waals surface area (Å²) in [5, 5.41) is 9.30. The molecule has 0 spiro atoms. The fourth-order valence-corrected chi connectivity index (χ4v) is 8.54. The van der Waals surface area contributed by atoms with E-state index in [-0.39, 0.29) is 38.1 Å². The molecule has 0 bridgehead atoms. The number of ether oxygens (including phenoxy) is 4. The maximum atomic E-state index is 13.1. The molecule has 4 aromatic rings. The van der Waals surface area contributed by atoms with Crippen LogP contribution in [0.25, 0.3) is 0 Å². The predicted molar refractivity (Wildman–Crippen MR) is 203 cm³/mol. The summed E-state index contributed by atoms with van der Waals surface area (Å²) in [7, 11) is 1.52. The lowest BCUT2D eigenvalue weighted by Gasteiger charge is -2.39. The molecular formula is C40H49N4O8P.